The summed E-state index contributed by atoms with van der Waals surface area (Å²) in [7, 11) is 0. The number of rotatable bonds is 3. The van der Waals surface area contributed by atoms with Crippen LogP contribution < -0.4 is 0 Å². The number of carbonyl (C=O) groups excluding carboxylic acids is 1. The minimum absolute atomic E-state index is 0.340. The zero-order chi connectivity index (χ0) is 9.10. The molecule has 0 bridgehead atoms. The van der Waals surface area contributed by atoms with E-state index in [1.54, 1.807) is 23.1 Å². The van der Waals surface area contributed by atoms with Crippen LogP contribution in [0.2, 0.25) is 0 Å². The summed E-state index contributed by atoms with van der Waals surface area (Å²) in [5, 5.41) is 2.10. The summed E-state index contributed by atoms with van der Waals surface area (Å²) in [5.41, 5.74) is 0. The Labute approximate surface area is 86.5 Å². The Morgan fingerprint density at radius 2 is 2.46 bits per heavy atom. The van der Waals surface area contributed by atoms with Gasteiger partial charge >= 0.3 is 0 Å². The van der Waals surface area contributed by atoms with Gasteiger partial charge in [0.15, 0.2) is 0 Å². The number of hydrogen-bond acceptors (Lipinski definition) is 3. The molecule has 2 heterocycles. The Kier molecular flexibility index (Phi) is 3.06. The van der Waals surface area contributed by atoms with Crippen LogP contribution in [0.25, 0.3) is 0 Å². The highest BCUT2D eigenvalue weighted by molar-refractivity contribution is 8.00. The van der Waals surface area contributed by atoms with E-state index in [2.05, 4.69) is 17.5 Å². The second-order valence-corrected chi connectivity index (χ2v) is 5.36. The Morgan fingerprint density at radius 3 is 3.08 bits per heavy atom. The molecule has 1 aliphatic rings. The molecule has 1 nitrogen and oxygen atoms in total. The molecule has 0 radical (unpaired) electrons. The van der Waals surface area contributed by atoms with Crippen molar-refractivity contribution in [1.82, 2.24) is 0 Å². The third-order valence-electron chi connectivity index (χ3n) is 2.34. The Morgan fingerprint density at radius 1 is 1.54 bits per heavy atom. The van der Waals surface area contributed by atoms with Crippen LogP contribution in [0.3, 0.4) is 0 Å². The number of carbonyl (C=O) groups is 1. The quantitative estimate of drug-likeness (QED) is 0.766. The highest BCUT2D eigenvalue weighted by Crippen LogP contribution is 2.25. The molecule has 3 heteroatoms. The summed E-state index contributed by atoms with van der Waals surface area (Å²) in [6.45, 7) is 0. The number of Topliss-reactive ketones (excluding diaryl/α,β-unsaturated/α-hetero) is 1. The number of thioether (sulfide) groups is 1. The van der Waals surface area contributed by atoms with Gasteiger partial charge < -0.3 is 0 Å². The molecule has 1 saturated heterocycles. The number of thiophene rings is 1. The molecular formula is C10H12OS2. The molecule has 0 N–H and O–H groups in total. The number of aryl methyl sites for hydroxylation is 1. The predicted molar refractivity (Wildman–Crippen MR) is 58.5 cm³/mol. The van der Waals surface area contributed by atoms with E-state index < -0.39 is 0 Å². The van der Waals surface area contributed by atoms with Gasteiger partial charge in [-0.05, 0) is 24.3 Å². The van der Waals surface area contributed by atoms with Gasteiger partial charge in [0, 0.05) is 16.5 Å². The largest absolute Gasteiger partial charge is 0.298 e. The lowest BCUT2D eigenvalue weighted by Gasteiger charge is -2.04. The first-order chi connectivity index (χ1) is 6.36. The molecule has 0 aromatic carbocycles. The van der Waals surface area contributed by atoms with Crippen molar-refractivity contribution < 1.29 is 4.79 Å². The van der Waals surface area contributed by atoms with Crippen LogP contribution in [0.5, 0.6) is 0 Å². The summed E-state index contributed by atoms with van der Waals surface area (Å²) in [5.74, 6) is 2.59. The first-order valence-corrected chi connectivity index (χ1v) is 6.52. The van der Waals surface area contributed by atoms with E-state index in [9.17, 15) is 4.79 Å². The molecule has 0 aliphatic carbocycles. The Hall–Kier alpha value is -0.280. The first kappa shape index (κ1) is 9.28. The summed E-state index contributed by atoms with van der Waals surface area (Å²) < 4.78 is 0. The second kappa shape index (κ2) is 4.29. The first-order valence-electron chi connectivity index (χ1n) is 4.49. The fourth-order valence-electron chi connectivity index (χ4n) is 1.53. The summed E-state index contributed by atoms with van der Waals surface area (Å²) in [4.78, 5) is 12.7. The lowest BCUT2D eigenvalue weighted by molar-refractivity contribution is -0.119. The van der Waals surface area contributed by atoms with Crippen molar-refractivity contribution in [1.29, 1.82) is 0 Å². The summed E-state index contributed by atoms with van der Waals surface area (Å²) >= 11 is 3.57. The molecule has 2 rings (SSSR count). The predicted octanol–water partition coefficient (Wildman–Crippen LogP) is 2.61. The van der Waals surface area contributed by atoms with E-state index in [0.717, 1.165) is 24.3 Å². The minimum atomic E-state index is 0.340. The maximum Gasteiger partial charge on any atom is 0.146 e. The van der Waals surface area contributed by atoms with Gasteiger partial charge in [-0.15, -0.1) is 11.3 Å². The Bertz CT molecular complexity index is 279. The minimum Gasteiger partial charge on any atom is -0.298 e. The molecule has 1 aromatic rings. The summed E-state index contributed by atoms with van der Waals surface area (Å²) in [6, 6.07) is 4.22. The lowest BCUT2D eigenvalue weighted by Crippen LogP contribution is -2.11. The SMILES string of the molecule is O=C1CSCC1CCc1cccs1. The lowest BCUT2D eigenvalue weighted by atomic mass is 10.0. The van der Waals surface area contributed by atoms with Gasteiger partial charge in [0.25, 0.3) is 0 Å². The van der Waals surface area contributed by atoms with Crippen molar-refractivity contribution in [2.45, 2.75) is 12.8 Å². The van der Waals surface area contributed by atoms with Crippen molar-refractivity contribution in [3.05, 3.63) is 22.4 Å². The molecule has 0 saturated carbocycles. The van der Waals surface area contributed by atoms with Crippen LogP contribution >= 0.6 is 23.1 Å². The van der Waals surface area contributed by atoms with E-state index >= 15 is 0 Å². The van der Waals surface area contributed by atoms with Crippen molar-refractivity contribution in [2.75, 3.05) is 11.5 Å². The molecule has 0 spiro atoms. The van der Waals surface area contributed by atoms with Crippen LogP contribution in [0, 0.1) is 5.92 Å². The van der Waals surface area contributed by atoms with Crippen LogP contribution in [0.15, 0.2) is 17.5 Å². The molecule has 1 atom stereocenters. The molecule has 13 heavy (non-hydrogen) atoms. The van der Waals surface area contributed by atoms with E-state index in [1.807, 2.05) is 0 Å². The van der Waals surface area contributed by atoms with Crippen LogP contribution in [-0.2, 0) is 11.2 Å². The van der Waals surface area contributed by atoms with Gasteiger partial charge in [0.05, 0.1) is 5.75 Å². The fraction of sp³-hybridized carbons (Fsp3) is 0.500. The zero-order valence-electron chi connectivity index (χ0n) is 7.36. The van der Waals surface area contributed by atoms with Crippen LogP contribution in [0.1, 0.15) is 11.3 Å². The van der Waals surface area contributed by atoms with E-state index in [4.69, 9.17) is 0 Å². The smallest absolute Gasteiger partial charge is 0.146 e. The molecule has 0 amide bonds. The highest BCUT2D eigenvalue weighted by Gasteiger charge is 2.24. The number of hydrogen-bond donors (Lipinski definition) is 0. The third-order valence-corrected chi connectivity index (χ3v) is 4.40. The average Bonchev–Trinajstić information content (AvgIpc) is 2.72. The van der Waals surface area contributed by atoms with Crippen molar-refractivity contribution in [3.8, 4) is 0 Å². The maximum absolute atomic E-state index is 11.3. The van der Waals surface area contributed by atoms with Crippen molar-refractivity contribution in [3.63, 3.8) is 0 Å². The van der Waals surface area contributed by atoms with Crippen molar-refractivity contribution in [2.24, 2.45) is 5.92 Å². The topological polar surface area (TPSA) is 17.1 Å². The summed E-state index contributed by atoms with van der Waals surface area (Å²) in [6.07, 6.45) is 2.13. The van der Waals surface area contributed by atoms with Gasteiger partial charge in [0.1, 0.15) is 5.78 Å². The zero-order valence-corrected chi connectivity index (χ0v) is 9.00. The van der Waals surface area contributed by atoms with Crippen molar-refractivity contribution >= 4 is 28.9 Å². The van der Waals surface area contributed by atoms with E-state index in [1.165, 1.54) is 4.88 Å². The molecule has 1 fully saturated rings. The van der Waals surface area contributed by atoms with Gasteiger partial charge in [-0.2, -0.15) is 11.8 Å². The fourth-order valence-corrected chi connectivity index (χ4v) is 3.44. The molecule has 1 unspecified atom stereocenters. The monoisotopic (exact) mass is 212 g/mol. The van der Waals surface area contributed by atoms with Gasteiger partial charge in [-0.1, -0.05) is 6.07 Å². The maximum atomic E-state index is 11.3. The molecule has 70 valence electrons. The normalized spacial score (nSPS) is 22.5. The van der Waals surface area contributed by atoms with E-state index in [0.29, 0.717) is 11.7 Å². The van der Waals surface area contributed by atoms with Crippen LogP contribution in [-0.4, -0.2) is 17.3 Å². The standard InChI is InChI=1S/C10H12OS2/c11-10-7-12-6-8(10)3-4-9-2-1-5-13-9/h1-2,5,8H,3-4,6-7H2. The van der Waals surface area contributed by atoms with Gasteiger partial charge in [-0.25, -0.2) is 0 Å². The van der Waals surface area contributed by atoms with Gasteiger partial charge in [-0.3, -0.25) is 4.79 Å². The van der Waals surface area contributed by atoms with E-state index in [-0.39, 0.29) is 0 Å². The van der Waals surface area contributed by atoms with Crippen LogP contribution in [0.4, 0.5) is 0 Å². The number of ketones is 1. The van der Waals surface area contributed by atoms with Gasteiger partial charge in [0.2, 0.25) is 0 Å². The third kappa shape index (κ3) is 2.35. The molecular weight excluding hydrogens is 200 g/mol. The molecule has 1 aliphatic heterocycles. The molecule has 1 aromatic heterocycles. The Balaban J connectivity index is 1.82. The second-order valence-electron chi connectivity index (χ2n) is 3.30. The average molecular weight is 212 g/mol. The highest BCUT2D eigenvalue weighted by atomic mass is 32.2.